The topological polar surface area (TPSA) is 60.2 Å². The van der Waals surface area contributed by atoms with Crippen LogP contribution < -0.4 is 15.8 Å². The molecule has 1 aliphatic rings. The van der Waals surface area contributed by atoms with Gasteiger partial charge in [-0.25, -0.2) is 4.98 Å². The standard InChI is InChI=1S/C21H25N3OS/c22-14-3-15-23-21(12-13-21)11-10-16-6-8-17(9-7-16)25-20-24-18-4-1-2-5-19(18)26-20/h1-2,4-9,23H,3,10-15,22H2. The second-order valence-electron chi connectivity index (χ2n) is 7.04. The maximum atomic E-state index is 5.92. The zero-order chi connectivity index (χ0) is 17.8. The van der Waals surface area contributed by atoms with Gasteiger partial charge in [0.15, 0.2) is 0 Å². The smallest absolute Gasteiger partial charge is 0.279 e. The summed E-state index contributed by atoms with van der Waals surface area (Å²) in [5, 5.41) is 4.38. The Morgan fingerprint density at radius 3 is 2.65 bits per heavy atom. The Morgan fingerprint density at radius 1 is 1.12 bits per heavy atom. The van der Waals surface area contributed by atoms with Gasteiger partial charge in [0, 0.05) is 5.54 Å². The van der Waals surface area contributed by atoms with Gasteiger partial charge in [0.05, 0.1) is 10.2 Å². The van der Waals surface area contributed by atoms with Crippen molar-refractivity contribution in [3.63, 3.8) is 0 Å². The highest BCUT2D eigenvalue weighted by Crippen LogP contribution is 2.39. The number of aryl methyl sites for hydroxylation is 1. The number of nitrogens with two attached hydrogens (primary N) is 1. The summed E-state index contributed by atoms with van der Waals surface area (Å²) in [6.07, 6.45) is 5.92. The molecule has 0 radical (unpaired) electrons. The number of benzene rings is 2. The van der Waals surface area contributed by atoms with Crippen LogP contribution in [0.25, 0.3) is 10.2 Å². The lowest BCUT2D eigenvalue weighted by Crippen LogP contribution is -2.33. The first kappa shape index (κ1) is 17.5. The zero-order valence-corrected chi connectivity index (χ0v) is 15.7. The van der Waals surface area contributed by atoms with Crippen molar-refractivity contribution in [2.45, 2.75) is 37.6 Å². The molecule has 3 aromatic rings. The number of fused-ring (bicyclic) bond motifs is 1. The first-order valence-corrected chi connectivity index (χ1v) is 10.2. The van der Waals surface area contributed by atoms with E-state index < -0.39 is 0 Å². The minimum Gasteiger partial charge on any atom is -0.431 e. The fraction of sp³-hybridized carbons (Fsp3) is 0.381. The maximum absolute atomic E-state index is 5.92. The van der Waals surface area contributed by atoms with Crippen LogP contribution in [0, 0.1) is 0 Å². The minimum absolute atomic E-state index is 0.366. The van der Waals surface area contributed by atoms with E-state index in [2.05, 4.69) is 28.5 Å². The molecule has 136 valence electrons. The summed E-state index contributed by atoms with van der Waals surface area (Å²) >= 11 is 1.58. The second kappa shape index (κ2) is 7.74. The fourth-order valence-corrected chi connectivity index (χ4v) is 4.06. The number of nitrogens with zero attached hydrogens (tertiary/aromatic N) is 1. The van der Waals surface area contributed by atoms with E-state index in [1.54, 1.807) is 11.3 Å². The molecule has 26 heavy (non-hydrogen) atoms. The molecule has 1 fully saturated rings. The van der Waals surface area contributed by atoms with Crippen LogP contribution in [0.5, 0.6) is 10.9 Å². The van der Waals surface area contributed by atoms with Gasteiger partial charge < -0.3 is 15.8 Å². The lowest BCUT2D eigenvalue weighted by Gasteiger charge is -2.17. The summed E-state index contributed by atoms with van der Waals surface area (Å²) in [4.78, 5) is 4.52. The molecule has 0 atom stereocenters. The number of hydrogen-bond acceptors (Lipinski definition) is 5. The summed E-state index contributed by atoms with van der Waals surface area (Å²) in [5.74, 6) is 0.843. The summed E-state index contributed by atoms with van der Waals surface area (Å²) in [7, 11) is 0. The van der Waals surface area contributed by atoms with Crippen LogP contribution in [0.15, 0.2) is 48.5 Å². The molecule has 0 unspecified atom stereocenters. The van der Waals surface area contributed by atoms with Crippen molar-refractivity contribution >= 4 is 21.6 Å². The number of ether oxygens (including phenoxy) is 1. The van der Waals surface area contributed by atoms with Gasteiger partial charge in [-0.15, -0.1) is 0 Å². The molecule has 0 aliphatic heterocycles. The van der Waals surface area contributed by atoms with Crippen LogP contribution in [0.3, 0.4) is 0 Å². The van der Waals surface area contributed by atoms with Gasteiger partial charge in [-0.2, -0.15) is 0 Å². The molecular formula is C21H25N3OS. The van der Waals surface area contributed by atoms with Crippen molar-refractivity contribution in [3.05, 3.63) is 54.1 Å². The van der Waals surface area contributed by atoms with Crippen molar-refractivity contribution < 1.29 is 4.74 Å². The van der Waals surface area contributed by atoms with Crippen molar-refractivity contribution in [2.75, 3.05) is 13.1 Å². The van der Waals surface area contributed by atoms with Gasteiger partial charge in [-0.1, -0.05) is 35.6 Å². The van der Waals surface area contributed by atoms with Gasteiger partial charge in [-0.05, 0) is 75.0 Å². The Balaban J connectivity index is 1.32. The largest absolute Gasteiger partial charge is 0.431 e. The number of rotatable bonds is 9. The van der Waals surface area contributed by atoms with E-state index in [1.165, 1.54) is 24.8 Å². The molecule has 1 aromatic heterocycles. The highest BCUT2D eigenvalue weighted by atomic mass is 32.1. The molecule has 5 heteroatoms. The monoisotopic (exact) mass is 367 g/mol. The SMILES string of the molecule is NCCCNC1(CCc2ccc(Oc3nc4ccccc4s3)cc2)CC1. The Kier molecular flexibility index (Phi) is 5.20. The van der Waals surface area contributed by atoms with Crippen LogP contribution in [-0.4, -0.2) is 23.6 Å². The highest BCUT2D eigenvalue weighted by molar-refractivity contribution is 7.20. The lowest BCUT2D eigenvalue weighted by molar-refractivity contribution is 0.460. The molecule has 4 nitrogen and oxygen atoms in total. The summed E-state index contributed by atoms with van der Waals surface area (Å²) in [6.45, 7) is 1.80. The van der Waals surface area contributed by atoms with Crippen molar-refractivity contribution in [3.8, 4) is 10.9 Å². The zero-order valence-electron chi connectivity index (χ0n) is 14.9. The van der Waals surface area contributed by atoms with Crippen molar-refractivity contribution in [2.24, 2.45) is 5.73 Å². The molecule has 1 heterocycles. The number of para-hydroxylation sites is 1. The second-order valence-corrected chi connectivity index (χ2v) is 8.04. The predicted octanol–water partition coefficient (Wildman–Crippen LogP) is 4.49. The summed E-state index contributed by atoms with van der Waals surface area (Å²) in [6, 6.07) is 16.5. The van der Waals surface area contributed by atoms with Crippen molar-refractivity contribution in [1.82, 2.24) is 10.3 Å². The minimum atomic E-state index is 0.366. The normalized spacial score (nSPS) is 15.3. The van der Waals surface area contributed by atoms with Crippen molar-refractivity contribution in [1.29, 1.82) is 0 Å². The highest BCUT2D eigenvalue weighted by Gasteiger charge is 2.40. The first-order valence-electron chi connectivity index (χ1n) is 9.34. The van der Waals surface area contributed by atoms with E-state index in [4.69, 9.17) is 10.5 Å². The molecule has 0 spiro atoms. The molecule has 1 aliphatic carbocycles. The van der Waals surface area contributed by atoms with Crippen LogP contribution in [0.2, 0.25) is 0 Å². The molecule has 4 rings (SSSR count). The van der Waals surface area contributed by atoms with Crippen LogP contribution >= 0.6 is 11.3 Å². The van der Waals surface area contributed by atoms with E-state index in [1.807, 2.05) is 30.3 Å². The Labute approximate surface area is 158 Å². The van der Waals surface area contributed by atoms with E-state index in [0.29, 0.717) is 10.7 Å². The molecule has 0 bridgehead atoms. The average Bonchev–Trinajstić information content (AvgIpc) is 3.31. The van der Waals surface area contributed by atoms with Crippen LogP contribution in [-0.2, 0) is 6.42 Å². The van der Waals surface area contributed by atoms with Gasteiger partial charge >= 0.3 is 0 Å². The molecule has 3 N–H and O–H groups in total. The molecule has 0 amide bonds. The Bertz CT molecular complexity index is 822. The quantitative estimate of drug-likeness (QED) is 0.547. The summed E-state index contributed by atoms with van der Waals surface area (Å²) < 4.78 is 7.07. The first-order chi connectivity index (χ1) is 12.8. The third-order valence-electron chi connectivity index (χ3n) is 5.03. The fourth-order valence-electron chi connectivity index (χ4n) is 3.22. The predicted molar refractivity (Wildman–Crippen MR) is 108 cm³/mol. The Hall–Kier alpha value is -1.95. The van der Waals surface area contributed by atoms with Crippen LogP contribution in [0.1, 0.15) is 31.2 Å². The molecular weight excluding hydrogens is 342 g/mol. The van der Waals surface area contributed by atoms with E-state index in [-0.39, 0.29) is 0 Å². The van der Waals surface area contributed by atoms with E-state index in [0.717, 1.165) is 41.9 Å². The third kappa shape index (κ3) is 4.23. The third-order valence-corrected chi connectivity index (χ3v) is 5.94. The maximum Gasteiger partial charge on any atom is 0.279 e. The van der Waals surface area contributed by atoms with Gasteiger partial charge in [0.1, 0.15) is 5.75 Å². The molecule has 1 saturated carbocycles. The number of aromatic nitrogens is 1. The lowest BCUT2D eigenvalue weighted by atomic mass is 10.0. The van der Waals surface area contributed by atoms with Gasteiger partial charge in [-0.3, -0.25) is 0 Å². The van der Waals surface area contributed by atoms with Gasteiger partial charge in [0.2, 0.25) is 0 Å². The summed E-state index contributed by atoms with van der Waals surface area (Å²) in [5.41, 5.74) is 8.29. The number of nitrogens with one attached hydrogen (secondary N) is 1. The number of hydrogen-bond donors (Lipinski definition) is 2. The Morgan fingerprint density at radius 2 is 1.92 bits per heavy atom. The van der Waals surface area contributed by atoms with Crippen LogP contribution in [0.4, 0.5) is 0 Å². The average molecular weight is 368 g/mol. The molecule has 2 aromatic carbocycles. The molecule has 0 saturated heterocycles. The van der Waals surface area contributed by atoms with E-state index >= 15 is 0 Å². The number of thiazole rings is 1. The van der Waals surface area contributed by atoms with Gasteiger partial charge in [0.25, 0.3) is 5.19 Å². The van der Waals surface area contributed by atoms with E-state index in [9.17, 15) is 0 Å².